The van der Waals surface area contributed by atoms with E-state index < -0.39 is 0 Å². The first-order valence-corrected chi connectivity index (χ1v) is 5.30. The third-order valence-corrected chi connectivity index (χ3v) is 3.79. The Kier molecular flexibility index (Phi) is 2.05. The Balaban J connectivity index is 2.27. The van der Waals surface area contributed by atoms with Crippen LogP contribution in [0.3, 0.4) is 0 Å². The SMILES string of the molecule is CC1=CCC2C(=O)CCCC2(C)C1. The minimum absolute atomic E-state index is 0.300. The van der Waals surface area contributed by atoms with Crippen molar-refractivity contribution >= 4 is 5.78 Å². The molecule has 2 aliphatic rings. The summed E-state index contributed by atoms with van der Waals surface area (Å²) in [6.45, 7) is 4.49. The molecule has 0 aromatic heterocycles. The largest absolute Gasteiger partial charge is 0.299 e. The van der Waals surface area contributed by atoms with Crippen LogP contribution in [0.15, 0.2) is 11.6 Å². The van der Waals surface area contributed by atoms with Crippen LogP contribution in [0.25, 0.3) is 0 Å². The van der Waals surface area contributed by atoms with E-state index in [-0.39, 0.29) is 0 Å². The summed E-state index contributed by atoms with van der Waals surface area (Å²) in [6, 6.07) is 0. The van der Waals surface area contributed by atoms with Crippen molar-refractivity contribution in [3.8, 4) is 0 Å². The molecular weight excluding hydrogens is 160 g/mol. The third kappa shape index (κ3) is 1.45. The summed E-state index contributed by atoms with van der Waals surface area (Å²) in [6.07, 6.45) is 7.58. The molecule has 0 aromatic carbocycles. The van der Waals surface area contributed by atoms with Crippen LogP contribution in [0.5, 0.6) is 0 Å². The van der Waals surface area contributed by atoms with Gasteiger partial charge in [-0.15, -0.1) is 0 Å². The summed E-state index contributed by atoms with van der Waals surface area (Å²) in [5.41, 5.74) is 1.78. The molecule has 0 N–H and O–H groups in total. The van der Waals surface area contributed by atoms with Gasteiger partial charge in [-0.2, -0.15) is 0 Å². The molecule has 1 fully saturated rings. The smallest absolute Gasteiger partial charge is 0.136 e. The molecule has 1 heteroatoms. The second-order valence-electron chi connectivity index (χ2n) is 4.99. The van der Waals surface area contributed by atoms with Gasteiger partial charge in [-0.1, -0.05) is 18.6 Å². The molecule has 0 aliphatic heterocycles. The fourth-order valence-electron chi connectivity index (χ4n) is 3.06. The zero-order chi connectivity index (χ0) is 9.47. The van der Waals surface area contributed by atoms with Crippen LogP contribution in [0, 0.1) is 11.3 Å². The second-order valence-corrected chi connectivity index (χ2v) is 4.99. The molecule has 2 atom stereocenters. The summed E-state index contributed by atoms with van der Waals surface area (Å²) < 4.78 is 0. The quantitative estimate of drug-likeness (QED) is 0.521. The number of fused-ring (bicyclic) bond motifs is 1. The van der Waals surface area contributed by atoms with Crippen LogP contribution in [0.2, 0.25) is 0 Å². The van der Waals surface area contributed by atoms with E-state index in [1.807, 2.05) is 0 Å². The Labute approximate surface area is 80.2 Å². The third-order valence-electron chi connectivity index (χ3n) is 3.79. The van der Waals surface area contributed by atoms with Crippen LogP contribution in [0.1, 0.15) is 46.0 Å². The van der Waals surface area contributed by atoms with Gasteiger partial charge >= 0.3 is 0 Å². The molecule has 2 aliphatic carbocycles. The topological polar surface area (TPSA) is 17.1 Å². The van der Waals surface area contributed by atoms with Crippen LogP contribution >= 0.6 is 0 Å². The van der Waals surface area contributed by atoms with E-state index in [0.717, 1.165) is 25.7 Å². The minimum atomic E-state index is 0.300. The molecule has 1 saturated carbocycles. The maximum absolute atomic E-state index is 11.7. The molecule has 2 rings (SSSR count). The molecule has 1 nitrogen and oxygen atoms in total. The van der Waals surface area contributed by atoms with Crippen molar-refractivity contribution in [3.63, 3.8) is 0 Å². The van der Waals surface area contributed by atoms with Gasteiger partial charge in [0, 0.05) is 12.3 Å². The maximum atomic E-state index is 11.7. The Morgan fingerprint density at radius 2 is 2.31 bits per heavy atom. The lowest BCUT2D eigenvalue weighted by Crippen LogP contribution is -2.39. The molecule has 0 heterocycles. The lowest BCUT2D eigenvalue weighted by molar-refractivity contribution is -0.130. The van der Waals surface area contributed by atoms with Crippen molar-refractivity contribution in [1.29, 1.82) is 0 Å². The van der Waals surface area contributed by atoms with Gasteiger partial charge in [-0.25, -0.2) is 0 Å². The van der Waals surface area contributed by atoms with E-state index in [1.165, 1.54) is 12.0 Å². The van der Waals surface area contributed by atoms with Crippen LogP contribution < -0.4 is 0 Å². The molecule has 0 amide bonds. The summed E-state index contributed by atoms with van der Waals surface area (Å²) in [4.78, 5) is 11.7. The Morgan fingerprint density at radius 1 is 1.54 bits per heavy atom. The fraction of sp³-hybridized carbons (Fsp3) is 0.750. The van der Waals surface area contributed by atoms with Gasteiger partial charge in [0.1, 0.15) is 5.78 Å². The van der Waals surface area contributed by atoms with Crippen molar-refractivity contribution in [1.82, 2.24) is 0 Å². The van der Waals surface area contributed by atoms with E-state index >= 15 is 0 Å². The van der Waals surface area contributed by atoms with Gasteiger partial charge in [-0.3, -0.25) is 4.79 Å². The zero-order valence-electron chi connectivity index (χ0n) is 8.60. The number of rotatable bonds is 0. The predicted octanol–water partition coefficient (Wildman–Crippen LogP) is 3.10. The molecule has 0 saturated heterocycles. The van der Waals surface area contributed by atoms with E-state index in [0.29, 0.717) is 17.1 Å². The van der Waals surface area contributed by atoms with Gasteiger partial charge in [0.25, 0.3) is 0 Å². The van der Waals surface area contributed by atoms with Crippen LogP contribution in [-0.4, -0.2) is 5.78 Å². The molecule has 72 valence electrons. The first-order chi connectivity index (χ1) is 6.12. The highest BCUT2D eigenvalue weighted by atomic mass is 16.1. The number of ketones is 1. The average molecular weight is 178 g/mol. The molecule has 0 aromatic rings. The first-order valence-electron chi connectivity index (χ1n) is 5.30. The number of carbonyl (C=O) groups is 1. The molecule has 13 heavy (non-hydrogen) atoms. The van der Waals surface area contributed by atoms with Gasteiger partial charge in [0.2, 0.25) is 0 Å². The number of hydrogen-bond donors (Lipinski definition) is 0. The van der Waals surface area contributed by atoms with Gasteiger partial charge < -0.3 is 0 Å². The van der Waals surface area contributed by atoms with Gasteiger partial charge in [0.15, 0.2) is 0 Å². The van der Waals surface area contributed by atoms with Crippen LogP contribution in [0.4, 0.5) is 0 Å². The summed E-state index contributed by atoms with van der Waals surface area (Å²) in [7, 11) is 0. The van der Waals surface area contributed by atoms with Crippen molar-refractivity contribution in [3.05, 3.63) is 11.6 Å². The highest BCUT2D eigenvalue weighted by Crippen LogP contribution is 2.48. The summed E-state index contributed by atoms with van der Waals surface area (Å²) in [5.74, 6) is 0.849. The van der Waals surface area contributed by atoms with Crippen LogP contribution in [-0.2, 0) is 4.79 Å². The Morgan fingerprint density at radius 3 is 3.08 bits per heavy atom. The Bertz CT molecular complexity index is 264. The minimum Gasteiger partial charge on any atom is -0.299 e. The number of hydrogen-bond acceptors (Lipinski definition) is 1. The average Bonchev–Trinajstić information content (AvgIpc) is 2.02. The van der Waals surface area contributed by atoms with Crippen molar-refractivity contribution in [2.45, 2.75) is 46.0 Å². The standard InChI is InChI=1S/C12H18O/c1-9-5-6-10-11(13)4-3-7-12(10,2)8-9/h5,10H,3-4,6-8H2,1-2H3. The molecule has 0 bridgehead atoms. The monoisotopic (exact) mass is 178 g/mol. The molecule has 0 radical (unpaired) electrons. The van der Waals surface area contributed by atoms with Gasteiger partial charge in [-0.05, 0) is 38.0 Å². The lowest BCUT2D eigenvalue weighted by atomic mass is 9.60. The Hall–Kier alpha value is -0.590. The highest BCUT2D eigenvalue weighted by molar-refractivity contribution is 5.83. The summed E-state index contributed by atoms with van der Waals surface area (Å²) in [5, 5.41) is 0. The first kappa shape index (κ1) is 8.98. The van der Waals surface area contributed by atoms with E-state index in [9.17, 15) is 4.79 Å². The summed E-state index contributed by atoms with van der Waals surface area (Å²) >= 11 is 0. The van der Waals surface area contributed by atoms with Gasteiger partial charge in [0.05, 0.1) is 0 Å². The van der Waals surface area contributed by atoms with Crippen molar-refractivity contribution in [2.75, 3.05) is 0 Å². The number of Topliss-reactive ketones (excluding diaryl/α,β-unsaturated/α-hetero) is 1. The maximum Gasteiger partial charge on any atom is 0.136 e. The lowest BCUT2D eigenvalue weighted by Gasteiger charge is -2.43. The fourth-order valence-corrected chi connectivity index (χ4v) is 3.06. The van der Waals surface area contributed by atoms with E-state index in [4.69, 9.17) is 0 Å². The van der Waals surface area contributed by atoms with Crippen molar-refractivity contribution in [2.24, 2.45) is 11.3 Å². The molecular formula is C12H18O. The number of allylic oxidation sites excluding steroid dienone is 2. The zero-order valence-corrected chi connectivity index (χ0v) is 8.60. The van der Waals surface area contributed by atoms with E-state index in [2.05, 4.69) is 19.9 Å². The number of carbonyl (C=O) groups excluding carboxylic acids is 1. The van der Waals surface area contributed by atoms with E-state index in [1.54, 1.807) is 0 Å². The van der Waals surface area contributed by atoms with Crippen molar-refractivity contribution < 1.29 is 4.79 Å². The molecule has 0 spiro atoms. The predicted molar refractivity (Wildman–Crippen MR) is 53.4 cm³/mol. The second kappa shape index (κ2) is 2.97. The molecule has 2 unspecified atom stereocenters. The normalized spacial score (nSPS) is 39.7. The highest BCUT2D eigenvalue weighted by Gasteiger charge is 2.42.